The molecule has 0 aliphatic rings. The third kappa shape index (κ3) is 2.30. The van der Waals surface area contributed by atoms with Gasteiger partial charge in [-0.25, -0.2) is 0 Å². The second-order valence-corrected chi connectivity index (χ2v) is 3.66. The van der Waals surface area contributed by atoms with Crippen LogP contribution in [0.3, 0.4) is 0 Å². The summed E-state index contributed by atoms with van der Waals surface area (Å²) in [5, 5.41) is 22.1. The molecule has 0 aliphatic carbocycles. The Balaban J connectivity index is 3.14. The fourth-order valence-electron chi connectivity index (χ4n) is 1.18. The zero-order valence-corrected chi connectivity index (χ0v) is 9.10. The van der Waals surface area contributed by atoms with Gasteiger partial charge in [-0.2, -0.15) is 0 Å². The smallest absolute Gasteiger partial charge is 0.122 e. The SMILES string of the molecule is CN[C@H](CO)c1cc(Cl)c(Cl)cc1O. The van der Waals surface area contributed by atoms with Crippen LogP contribution < -0.4 is 5.32 Å². The largest absolute Gasteiger partial charge is 0.508 e. The summed E-state index contributed by atoms with van der Waals surface area (Å²) in [6.45, 7) is -0.123. The molecule has 0 saturated heterocycles. The number of halogens is 2. The molecule has 3 nitrogen and oxygen atoms in total. The van der Waals surface area contributed by atoms with Crippen LogP contribution in [0.25, 0.3) is 0 Å². The Bertz CT molecular complexity index is 327. The van der Waals surface area contributed by atoms with Crippen molar-refractivity contribution in [2.45, 2.75) is 6.04 Å². The Morgan fingerprint density at radius 1 is 1.36 bits per heavy atom. The molecule has 0 bridgehead atoms. The lowest BCUT2D eigenvalue weighted by molar-refractivity contribution is 0.248. The molecule has 1 atom stereocenters. The van der Waals surface area contributed by atoms with Crippen molar-refractivity contribution in [3.05, 3.63) is 27.7 Å². The quantitative estimate of drug-likeness (QED) is 0.751. The number of nitrogens with one attached hydrogen (secondary N) is 1. The van der Waals surface area contributed by atoms with E-state index in [-0.39, 0.29) is 18.4 Å². The van der Waals surface area contributed by atoms with Crippen LogP contribution in [0.2, 0.25) is 10.0 Å². The van der Waals surface area contributed by atoms with Crippen LogP contribution in [0.1, 0.15) is 11.6 Å². The van der Waals surface area contributed by atoms with Crippen LogP contribution in [0.15, 0.2) is 12.1 Å². The molecule has 1 rings (SSSR count). The number of phenols is 1. The van der Waals surface area contributed by atoms with Crippen molar-refractivity contribution in [2.75, 3.05) is 13.7 Å². The fraction of sp³-hybridized carbons (Fsp3) is 0.333. The lowest BCUT2D eigenvalue weighted by atomic mass is 10.1. The van der Waals surface area contributed by atoms with Gasteiger partial charge in [0.05, 0.1) is 22.7 Å². The molecule has 5 heteroatoms. The number of likely N-dealkylation sites (N-methyl/N-ethyl adjacent to an activating group) is 1. The van der Waals surface area contributed by atoms with E-state index >= 15 is 0 Å². The van der Waals surface area contributed by atoms with Crippen LogP contribution in [0, 0.1) is 0 Å². The molecular weight excluding hydrogens is 225 g/mol. The second-order valence-electron chi connectivity index (χ2n) is 2.85. The van der Waals surface area contributed by atoms with Gasteiger partial charge >= 0.3 is 0 Å². The molecule has 0 aliphatic heterocycles. The Morgan fingerprint density at radius 2 is 1.93 bits per heavy atom. The molecule has 0 spiro atoms. The average Bonchev–Trinajstić information content (AvgIpc) is 2.15. The van der Waals surface area contributed by atoms with Crippen molar-refractivity contribution in [3.63, 3.8) is 0 Å². The number of hydrogen-bond donors (Lipinski definition) is 3. The van der Waals surface area contributed by atoms with Crippen LogP contribution in [0.4, 0.5) is 0 Å². The third-order valence-corrected chi connectivity index (χ3v) is 2.70. The summed E-state index contributed by atoms with van der Waals surface area (Å²) in [5.74, 6) is 0.0211. The maximum atomic E-state index is 9.55. The molecule has 0 fully saturated rings. The van der Waals surface area contributed by atoms with Gasteiger partial charge in [-0.15, -0.1) is 0 Å². The predicted octanol–water partition coefficient (Wildman–Crippen LogP) is 1.95. The first-order chi connectivity index (χ1) is 6.60. The first kappa shape index (κ1) is 11.6. The van der Waals surface area contributed by atoms with Crippen molar-refractivity contribution in [3.8, 4) is 5.75 Å². The summed E-state index contributed by atoms with van der Waals surface area (Å²) < 4.78 is 0. The van der Waals surface area contributed by atoms with Crippen molar-refractivity contribution >= 4 is 23.2 Å². The number of aromatic hydroxyl groups is 1. The van der Waals surface area contributed by atoms with E-state index < -0.39 is 0 Å². The summed E-state index contributed by atoms with van der Waals surface area (Å²) in [4.78, 5) is 0. The van der Waals surface area contributed by atoms with Gasteiger partial charge in [0.2, 0.25) is 0 Å². The zero-order chi connectivity index (χ0) is 10.7. The Labute approximate surface area is 92.3 Å². The van der Waals surface area contributed by atoms with E-state index in [0.29, 0.717) is 15.6 Å². The van der Waals surface area contributed by atoms with Gasteiger partial charge in [-0.3, -0.25) is 0 Å². The first-order valence-electron chi connectivity index (χ1n) is 4.06. The maximum absolute atomic E-state index is 9.55. The number of aliphatic hydroxyl groups is 1. The van der Waals surface area contributed by atoms with Gasteiger partial charge in [0.15, 0.2) is 0 Å². The standard InChI is InChI=1S/C9H11Cl2NO2/c1-12-8(4-13)5-2-6(10)7(11)3-9(5)14/h2-3,8,12-14H,4H2,1H3/t8-/m1/s1. The lowest BCUT2D eigenvalue weighted by Crippen LogP contribution is -2.20. The van der Waals surface area contributed by atoms with Crippen LogP contribution >= 0.6 is 23.2 Å². The Kier molecular flexibility index (Phi) is 4.01. The highest BCUT2D eigenvalue weighted by Crippen LogP contribution is 2.32. The monoisotopic (exact) mass is 235 g/mol. The van der Waals surface area contributed by atoms with E-state index in [0.717, 1.165) is 0 Å². The highest BCUT2D eigenvalue weighted by Gasteiger charge is 2.14. The van der Waals surface area contributed by atoms with E-state index in [1.807, 2.05) is 0 Å². The molecular formula is C9H11Cl2NO2. The average molecular weight is 236 g/mol. The second kappa shape index (κ2) is 4.84. The minimum atomic E-state index is -0.343. The van der Waals surface area contributed by atoms with Gasteiger partial charge in [-0.1, -0.05) is 23.2 Å². The highest BCUT2D eigenvalue weighted by molar-refractivity contribution is 6.42. The molecule has 0 heterocycles. The molecule has 0 aromatic heterocycles. The predicted molar refractivity (Wildman–Crippen MR) is 57.0 cm³/mol. The normalized spacial score (nSPS) is 12.9. The zero-order valence-electron chi connectivity index (χ0n) is 7.59. The van der Waals surface area contributed by atoms with E-state index in [1.165, 1.54) is 12.1 Å². The minimum absolute atomic E-state index is 0.0211. The summed E-state index contributed by atoms with van der Waals surface area (Å²) >= 11 is 11.5. The van der Waals surface area contributed by atoms with Crippen molar-refractivity contribution in [1.82, 2.24) is 5.32 Å². The third-order valence-electron chi connectivity index (χ3n) is 1.98. The van der Waals surface area contributed by atoms with E-state index in [2.05, 4.69) is 5.32 Å². The molecule has 14 heavy (non-hydrogen) atoms. The highest BCUT2D eigenvalue weighted by atomic mass is 35.5. The van der Waals surface area contributed by atoms with Crippen molar-refractivity contribution in [1.29, 1.82) is 0 Å². The Hall–Kier alpha value is -0.480. The number of benzene rings is 1. The summed E-state index contributed by atoms with van der Waals surface area (Å²) in [6, 6.07) is 2.56. The number of aliphatic hydroxyl groups excluding tert-OH is 1. The van der Waals surface area contributed by atoms with Gasteiger partial charge in [-0.05, 0) is 13.1 Å². The van der Waals surface area contributed by atoms with Crippen molar-refractivity contribution in [2.24, 2.45) is 0 Å². The first-order valence-corrected chi connectivity index (χ1v) is 4.81. The summed E-state index contributed by atoms with van der Waals surface area (Å²) in [6.07, 6.45) is 0. The van der Waals surface area contributed by atoms with Crippen LogP contribution in [-0.4, -0.2) is 23.9 Å². The van der Waals surface area contributed by atoms with E-state index in [4.69, 9.17) is 28.3 Å². The summed E-state index contributed by atoms with van der Waals surface area (Å²) in [7, 11) is 1.68. The molecule has 0 unspecified atom stereocenters. The van der Waals surface area contributed by atoms with Crippen LogP contribution in [0.5, 0.6) is 5.75 Å². The van der Waals surface area contributed by atoms with Gasteiger partial charge in [0.1, 0.15) is 5.75 Å². The molecule has 78 valence electrons. The van der Waals surface area contributed by atoms with E-state index in [9.17, 15) is 5.11 Å². The van der Waals surface area contributed by atoms with Gasteiger partial charge in [0.25, 0.3) is 0 Å². The Morgan fingerprint density at radius 3 is 2.43 bits per heavy atom. The molecule has 0 saturated carbocycles. The lowest BCUT2D eigenvalue weighted by Gasteiger charge is -2.15. The molecule has 1 aromatic rings. The van der Waals surface area contributed by atoms with Crippen LogP contribution in [-0.2, 0) is 0 Å². The number of hydrogen-bond acceptors (Lipinski definition) is 3. The number of rotatable bonds is 3. The van der Waals surface area contributed by atoms with Gasteiger partial charge in [0, 0.05) is 11.6 Å². The fourth-order valence-corrected chi connectivity index (χ4v) is 1.51. The molecule has 1 aromatic carbocycles. The van der Waals surface area contributed by atoms with E-state index in [1.54, 1.807) is 7.05 Å². The van der Waals surface area contributed by atoms with Crippen molar-refractivity contribution < 1.29 is 10.2 Å². The summed E-state index contributed by atoms with van der Waals surface area (Å²) in [5.41, 5.74) is 0.532. The molecule has 0 amide bonds. The topological polar surface area (TPSA) is 52.5 Å². The number of phenolic OH excluding ortho intramolecular Hbond substituents is 1. The molecule has 3 N–H and O–H groups in total. The van der Waals surface area contributed by atoms with Gasteiger partial charge < -0.3 is 15.5 Å². The minimum Gasteiger partial charge on any atom is -0.508 e. The maximum Gasteiger partial charge on any atom is 0.122 e. The molecule has 0 radical (unpaired) electrons.